The highest BCUT2D eigenvalue weighted by Gasteiger charge is 2.34. The minimum atomic E-state index is 0.630. The van der Waals surface area contributed by atoms with Crippen molar-refractivity contribution in [3.8, 4) is 0 Å². The topological polar surface area (TPSA) is 98.4 Å². The summed E-state index contributed by atoms with van der Waals surface area (Å²) in [5.41, 5.74) is 17.2. The van der Waals surface area contributed by atoms with E-state index in [4.69, 9.17) is 0 Å². The molecule has 6 aromatic carbocycles. The molecule has 0 amide bonds. The molecule has 11 fully saturated rings. The van der Waals surface area contributed by atoms with Crippen molar-refractivity contribution in [2.45, 2.75) is 235 Å². The number of nitrogens with one attached hydrogen (secondary N) is 2. The van der Waals surface area contributed by atoms with E-state index in [2.05, 4.69) is 403 Å². The average Bonchev–Trinajstić information content (AvgIpc) is 1.70. The lowest BCUT2D eigenvalue weighted by molar-refractivity contribution is 0.120. The molecule has 2 saturated carbocycles. The van der Waals surface area contributed by atoms with Crippen LogP contribution in [0.15, 0.2) is 182 Å². The molecule has 9 aromatic rings. The van der Waals surface area contributed by atoms with Crippen LogP contribution in [0, 0.1) is 62.3 Å². The van der Waals surface area contributed by atoms with E-state index in [1.807, 2.05) is 42.0 Å². The van der Waals surface area contributed by atoms with Crippen LogP contribution in [-0.2, 0) is 0 Å². The van der Waals surface area contributed by atoms with Gasteiger partial charge in [0.2, 0.25) is 0 Å². The molecule has 6 atom stereocenters. The zero-order valence-electron chi connectivity index (χ0n) is 88.7. The van der Waals surface area contributed by atoms with Crippen molar-refractivity contribution >= 4 is 66.9 Å². The Balaban J connectivity index is 0.000000139. The highest BCUT2D eigenvalue weighted by Crippen LogP contribution is 2.35. The fourth-order valence-electron chi connectivity index (χ4n) is 20.2. The summed E-state index contributed by atoms with van der Waals surface area (Å²) in [7, 11) is 10.8. The number of piperazine rings is 7. The van der Waals surface area contributed by atoms with Gasteiger partial charge in [0.15, 0.2) is 0 Å². The van der Waals surface area contributed by atoms with E-state index in [9.17, 15) is 0 Å². The number of anilines is 8. The normalized spacial score (nSPS) is 22.6. The minimum absolute atomic E-state index is 0.630. The molecule has 2 N–H and O–H groups in total. The fraction of sp³-hybridized carbons (Fsp3) is 0.586. The highest BCUT2D eigenvalue weighted by molar-refractivity contribution is 7.16. The molecule has 21 heteroatoms. The van der Waals surface area contributed by atoms with Gasteiger partial charge in [-0.25, -0.2) is 4.98 Å². The number of benzene rings is 6. The first kappa shape index (κ1) is 108. The molecule has 19 nitrogen and oxygen atoms in total. The molecular formula is C116H179N19S2. The summed E-state index contributed by atoms with van der Waals surface area (Å²) in [5, 5.41) is 9.82. The van der Waals surface area contributed by atoms with Gasteiger partial charge in [-0.05, 0) is 300 Å². The lowest BCUT2D eigenvalue weighted by Crippen LogP contribution is -2.55. The standard InChI is InChI=1S/C15H22N2.C14H20N2.2C14H22N2.C14H21N.C13H20N4.C11H18N2S.C11H18N2.C10H16N2S/c1-13-5-7-15(8-6-13)17-11-9-16(10-12-17)14-3-2-4-14;1-12-2-4-13(5-3-12)15-8-10-16(11-9-15)14-6-7-14;1-11-5-7-14(8-6-11)16-9-12(2)15(4)13(3)10-16;1-12(2)15-8-10-16(11-9-15)14-6-4-13(3)5-7-14;1-10-4-6-13(7-5-10)14-8-11(2)15-12(3)9-14;1-11-8-15-13(9-14-11)17-7-6-16-5-3-2-4-12(16)10-17;1-9-8-13(7-6-12(9)3)11-5-4-10(2)14-11;1-10-4-6-11(7-5-10)12-8-9-13(2)3;1-9-3-4-10(13-9)12-7-5-11(2)6-8-12/h5-8,14H,2-4,9-12H2,1H3;2-5,14H,6-11H2,1H3;5-8,12-13H,9-10H2,1-4H3;4-7,12H,8-11H2,1-3H3;4-7,11-12,14-15H,8-9H2,1-3H3;8-9,12H,2-7,10H2,1H3;4-5,9H,6-8H2,1-3H3;4-7,12H,8-9H2,1-3H3;3-4H,5-8H2,1-2H3. The number of piperidine rings is 2. The molecular weight excluding hydrogens is 1720 g/mol. The Bertz CT molecular complexity index is 4720. The largest absolute Gasteiger partial charge is 0.384 e. The monoisotopic (exact) mass is 1900 g/mol. The molecule has 0 radical (unpaired) electrons. The van der Waals surface area contributed by atoms with Crippen LogP contribution >= 0.6 is 22.7 Å². The van der Waals surface area contributed by atoms with Crippen LogP contribution in [0.1, 0.15) is 173 Å². The van der Waals surface area contributed by atoms with Crippen LogP contribution in [0.3, 0.4) is 0 Å². The molecule has 12 heterocycles. The third-order valence-electron chi connectivity index (χ3n) is 30.1. The molecule has 2 aliphatic carbocycles. The first-order valence-corrected chi connectivity index (χ1v) is 54.4. The van der Waals surface area contributed by atoms with Gasteiger partial charge < -0.3 is 59.6 Å². The summed E-state index contributed by atoms with van der Waals surface area (Å²) in [5.74, 6) is 1.79. The third kappa shape index (κ3) is 35.2. The maximum Gasteiger partial charge on any atom is 0.147 e. The Hall–Kier alpha value is -8.16. The van der Waals surface area contributed by atoms with E-state index >= 15 is 0 Å². The van der Waals surface area contributed by atoms with Crippen LogP contribution in [0.4, 0.5) is 44.3 Å². The van der Waals surface area contributed by atoms with Crippen LogP contribution in [0.2, 0.25) is 0 Å². The Kier molecular flexibility index (Phi) is 43.0. The van der Waals surface area contributed by atoms with Crippen LogP contribution < -0.4 is 44.9 Å². The smallest absolute Gasteiger partial charge is 0.147 e. The summed E-state index contributed by atoms with van der Waals surface area (Å²) in [6.45, 7) is 66.9. The number of thiophene rings is 2. The van der Waals surface area contributed by atoms with Gasteiger partial charge in [0.1, 0.15) is 5.82 Å². The predicted octanol–water partition coefficient (Wildman–Crippen LogP) is 20.7. The van der Waals surface area contributed by atoms with Gasteiger partial charge in [-0.2, -0.15) is 0 Å². The Labute approximate surface area is 839 Å². The molecule has 20 rings (SSSR count). The van der Waals surface area contributed by atoms with E-state index in [-0.39, 0.29) is 0 Å². The molecule has 750 valence electrons. The summed E-state index contributed by atoms with van der Waals surface area (Å²) in [4.78, 5) is 49.0. The maximum absolute atomic E-state index is 4.48. The lowest BCUT2D eigenvalue weighted by Gasteiger charge is -2.44. The molecule has 0 bridgehead atoms. The first-order valence-electron chi connectivity index (χ1n) is 52.8. The van der Waals surface area contributed by atoms with Crippen molar-refractivity contribution in [3.63, 3.8) is 0 Å². The van der Waals surface area contributed by atoms with Crippen LogP contribution in [-0.4, -0.2) is 315 Å². The molecule has 9 aliphatic heterocycles. The van der Waals surface area contributed by atoms with E-state index in [1.54, 1.807) is 0 Å². The van der Waals surface area contributed by atoms with E-state index in [0.717, 1.165) is 94.5 Å². The van der Waals surface area contributed by atoms with Crippen molar-refractivity contribution in [1.29, 1.82) is 0 Å². The van der Waals surface area contributed by atoms with Crippen molar-refractivity contribution < 1.29 is 0 Å². The summed E-state index contributed by atoms with van der Waals surface area (Å²) in [6, 6.07) is 68.5. The van der Waals surface area contributed by atoms with Gasteiger partial charge in [-0.3, -0.25) is 29.5 Å². The van der Waals surface area contributed by atoms with Gasteiger partial charge in [-0.1, -0.05) is 131 Å². The lowest BCUT2D eigenvalue weighted by atomic mass is 9.84. The summed E-state index contributed by atoms with van der Waals surface area (Å²) in [6.07, 6.45) is 17.6. The summed E-state index contributed by atoms with van der Waals surface area (Å²) < 4.78 is 0. The Morgan fingerprint density at radius 3 is 1.19 bits per heavy atom. The van der Waals surface area contributed by atoms with E-state index in [0.29, 0.717) is 36.3 Å². The number of hydrogen-bond acceptors (Lipinski definition) is 21. The molecule has 0 spiro atoms. The van der Waals surface area contributed by atoms with Crippen molar-refractivity contribution in [1.82, 2.24) is 54.5 Å². The number of aromatic nitrogens is 2. The molecule has 6 unspecified atom stereocenters. The van der Waals surface area contributed by atoms with Gasteiger partial charge >= 0.3 is 0 Å². The SMILES string of the molecule is Cc1ccc(C2CC(C)NC(C)C2)cc1.Cc1ccc(N2CC(C)N(C)C(C)C2)cc1.Cc1ccc(N2CCN(C(C)C)CC2)cc1.Cc1ccc(N2CCN(C)C(C)C2)s1.Cc1ccc(N2CCN(C)CC2)s1.Cc1ccc(N2CCN(C3CC3)CC2)cc1.Cc1ccc(N2CCN(C3CCC3)CC2)cc1.Cc1ccc(NCCN(C)C)cc1.Cc1cnc(N2CCN3CCCCC3C2)cn1. The molecule has 3 aromatic heterocycles. The third-order valence-corrected chi connectivity index (χ3v) is 32.2. The molecule has 137 heavy (non-hydrogen) atoms. The fourth-order valence-corrected chi connectivity index (χ4v) is 22.0. The zero-order chi connectivity index (χ0) is 97.4. The number of aryl methyl sites for hydroxylation is 9. The van der Waals surface area contributed by atoms with Gasteiger partial charge in [0.05, 0.1) is 28.1 Å². The Morgan fingerprint density at radius 2 is 0.774 bits per heavy atom. The number of rotatable bonds is 15. The predicted molar refractivity (Wildman–Crippen MR) is 595 cm³/mol. The first-order chi connectivity index (χ1) is 66.0. The van der Waals surface area contributed by atoms with Gasteiger partial charge in [0, 0.05) is 263 Å². The Morgan fingerprint density at radius 1 is 0.372 bits per heavy atom. The average molecular weight is 1900 g/mol. The van der Waals surface area contributed by atoms with E-state index in [1.165, 1.54) is 269 Å². The second-order valence-corrected chi connectivity index (χ2v) is 44.7. The second kappa shape index (κ2) is 54.7. The molecule has 11 aliphatic rings. The quantitative estimate of drug-likeness (QED) is 0.102. The van der Waals surface area contributed by atoms with E-state index < -0.39 is 0 Å². The number of nitrogens with zero attached hydrogens (tertiary/aromatic N) is 17. The van der Waals surface area contributed by atoms with Crippen LogP contribution in [0.5, 0.6) is 0 Å². The number of hydrogen-bond donors (Lipinski definition) is 2. The zero-order valence-corrected chi connectivity index (χ0v) is 90.3. The van der Waals surface area contributed by atoms with Crippen molar-refractivity contribution in [2.24, 2.45) is 0 Å². The number of fused-ring (bicyclic) bond motifs is 1. The summed E-state index contributed by atoms with van der Waals surface area (Å²) >= 11 is 3.81. The van der Waals surface area contributed by atoms with Gasteiger partial charge in [-0.15, -0.1) is 22.7 Å². The number of likely N-dealkylation sites (N-methyl/N-ethyl adjacent to an activating group) is 4. The van der Waals surface area contributed by atoms with Crippen molar-refractivity contribution in [3.05, 3.63) is 237 Å². The van der Waals surface area contributed by atoms with Gasteiger partial charge in [0.25, 0.3) is 0 Å². The van der Waals surface area contributed by atoms with Crippen LogP contribution in [0.25, 0.3) is 0 Å². The second-order valence-electron chi connectivity index (χ2n) is 42.2. The highest BCUT2D eigenvalue weighted by atomic mass is 32.1. The molecule has 9 saturated heterocycles. The minimum Gasteiger partial charge on any atom is -0.384 e. The maximum atomic E-state index is 4.48. The van der Waals surface area contributed by atoms with Crippen molar-refractivity contribution in [2.75, 3.05) is 252 Å².